The van der Waals surface area contributed by atoms with Gasteiger partial charge in [-0.2, -0.15) is 0 Å². The van der Waals surface area contributed by atoms with Gasteiger partial charge in [0, 0.05) is 18.4 Å². The second-order valence-electron chi connectivity index (χ2n) is 15.8. The molecule has 3 aromatic carbocycles. The Balaban J connectivity index is 1.20. The van der Waals surface area contributed by atoms with Gasteiger partial charge in [0.05, 0.1) is 27.9 Å². The first-order valence-electron chi connectivity index (χ1n) is 18.3. The number of carbonyl (C=O) groups excluding carboxylic acids is 5. The number of carbonyl (C=O) groups is 5. The maximum absolute atomic E-state index is 14.9. The number of aliphatic hydroxyl groups is 2. The molecule has 286 valence electrons. The number of benzene rings is 3. The third-order valence-corrected chi connectivity index (χ3v) is 12.3. The molecule has 2 saturated carbocycles. The molecule has 3 aromatic rings. The second-order valence-corrected chi connectivity index (χ2v) is 15.8. The number of ketones is 1. The van der Waals surface area contributed by atoms with E-state index in [2.05, 4.69) is 24.5 Å². The molecule has 0 aromatic heterocycles. The minimum atomic E-state index is -2.38. The van der Waals surface area contributed by atoms with Crippen LogP contribution in [-0.4, -0.2) is 69.3 Å². The van der Waals surface area contributed by atoms with Gasteiger partial charge in [-0.25, -0.2) is 4.79 Å². The van der Waals surface area contributed by atoms with E-state index in [1.54, 1.807) is 61.5 Å². The zero-order chi connectivity index (χ0) is 39.6. The maximum Gasteiger partial charge on any atom is 0.340 e. The van der Waals surface area contributed by atoms with Crippen molar-refractivity contribution in [2.24, 2.45) is 34.5 Å². The number of fused-ring (bicyclic) bond motifs is 3. The molecule has 8 unspecified atom stereocenters. The summed E-state index contributed by atoms with van der Waals surface area (Å²) in [5, 5.41) is 41.1. The number of hydrogen-bond donors (Lipinski definition) is 5. The predicted molar refractivity (Wildman–Crippen MR) is 201 cm³/mol. The standard InChI is InChI=1S/C43H44N2O10/c1-22-20-42-23(2)18-30-33(41(30,4)5)29(36(42)49)19-26(21-54-24(3)46)35(48)43(42,53)37(22)55-40(52)27-14-9-10-16-31(27)44-39(51)28-15-11-17-32(47)34(28)45-38(50)25-12-7-6-8-13-25/h6-17,19-20,23,29-30,33,35,37,47-48,53H,18,21H2,1-5H3,(H,44,51)(H,45,50). The quantitative estimate of drug-likeness (QED) is 0.112. The first kappa shape index (κ1) is 37.7. The maximum atomic E-state index is 14.9. The number of allylic oxidation sites excluding steroid dienone is 1. The normalized spacial score (nSPS) is 29.9. The van der Waals surface area contributed by atoms with Gasteiger partial charge in [0.25, 0.3) is 11.8 Å². The van der Waals surface area contributed by atoms with Crippen LogP contribution in [0.25, 0.3) is 0 Å². The Morgan fingerprint density at radius 1 is 0.909 bits per heavy atom. The van der Waals surface area contributed by atoms with Crippen LogP contribution in [0.15, 0.2) is 96.1 Å². The molecule has 5 N–H and O–H groups in total. The van der Waals surface area contributed by atoms with E-state index < -0.39 is 58.8 Å². The SMILES string of the molecule is CC(=O)OCC1=CC2C(=O)C3(C=C(C)C(OC(=O)c4ccccc4NC(=O)c4cccc(O)c4NC(=O)c4ccccc4)C3(O)C1O)C(C)CC1C2C1(C)C. The monoisotopic (exact) mass is 748 g/mol. The highest BCUT2D eigenvalue weighted by Crippen LogP contribution is 2.71. The Labute approximate surface area is 318 Å². The van der Waals surface area contributed by atoms with Crippen LogP contribution in [0.1, 0.15) is 72.1 Å². The number of para-hydroxylation sites is 2. The van der Waals surface area contributed by atoms with Gasteiger partial charge in [0.1, 0.15) is 18.5 Å². The van der Waals surface area contributed by atoms with Crippen molar-refractivity contribution in [3.63, 3.8) is 0 Å². The van der Waals surface area contributed by atoms with Gasteiger partial charge in [-0.3, -0.25) is 19.2 Å². The van der Waals surface area contributed by atoms with E-state index in [0.717, 1.165) is 0 Å². The number of rotatable bonds is 8. The van der Waals surface area contributed by atoms with E-state index in [-0.39, 0.29) is 63.5 Å². The zero-order valence-corrected chi connectivity index (χ0v) is 31.2. The summed E-state index contributed by atoms with van der Waals surface area (Å²) in [6.07, 6.45) is 0.597. The molecule has 2 amide bonds. The number of phenols is 1. The molecule has 12 heteroatoms. The lowest BCUT2D eigenvalue weighted by Crippen LogP contribution is -2.65. The van der Waals surface area contributed by atoms with E-state index in [0.29, 0.717) is 17.6 Å². The molecule has 8 atom stereocenters. The van der Waals surface area contributed by atoms with Crippen molar-refractivity contribution in [3.05, 3.63) is 113 Å². The molecular weight excluding hydrogens is 704 g/mol. The molecule has 4 aliphatic rings. The lowest BCUT2D eigenvalue weighted by atomic mass is 9.59. The lowest BCUT2D eigenvalue weighted by Gasteiger charge is -2.48. The van der Waals surface area contributed by atoms with Crippen LogP contribution in [0, 0.1) is 34.5 Å². The largest absolute Gasteiger partial charge is 0.506 e. The topological polar surface area (TPSA) is 189 Å². The van der Waals surface area contributed by atoms with Crippen LogP contribution in [0.3, 0.4) is 0 Å². The smallest absolute Gasteiger partial charge is 0.340 e. The average molecular weight is 749 g/mol. The van der Waals surface area contributed by atoms with Gasteiger partial charge < -0.3 is 35.4 Å². The van der Waals surface area contributed by atoms with Gasteiger partial charge in [-0.15, -0.1) is 0 Å². The second kappa shape index (κ2) is 13.6. The molecule has 0 aliphatic heterocycles. The molecule has 4 aliphatic carbocycles. The van der Waals surface area contributed by atoms with Crippen LogP contribution in [0.2, 0.25) is 0 Å². The van der Waals surface area contributed by atoms with Crippen LogP contribution in [0.4, 0.5) is 11.4 Å². The summed E-state index contributed by atoms with van der Waals surface area (Å²) in [6, 6.07) is 18.4. The molecule has 55 heavy (non-hydrogen) atoms. The van der Waals surface area contributed by atoms with Crippen molar-refractivity contribution in [2.75, 3.05) is 17.2 Å². The third-order valence-electron chi connectivity index (χ3n) is 12.3. The number of anilines is 2. The fourth-order valence-corrected chi connectivity index (χ4v) is 9.53. The minimum absolute atomic E-state index is 0.0145. The molecule has 2 fully saturated rings. The molecule has 7 rings (SSSR count). The van der Waals surface area contributed by atoms with E-state index in [1.165, 1.54) is 37.3 Å². The highest BCUT2D eigenvalue weighted by atomic mass is 16.6. The summed E-state index contributed by atoms with van der Waals surface area (Å²) < 4.78 is 11.4. The first-order valence-corrected chi connectivity index (χ1v) is 18.3. The van der Waals surface area contributed by atoms with Crippen LogP contribution in [0.5, 0.6) is 5.75 Å². The lowest BCUT2D eigenvalue weighted by molar-refractivity contribution is -0.191. The fraction of sp³-hybridized carbons (Fsp3) is 0.372. The highest BCUT2D eigenvalue weighted by Gasteiger charge is 2.76. The number of phenolic OH excluding ortho intramolecular Hbond substituents is 1. The third kappa shape index (κ3) is 5.95. The molecule has 1 spiro atoms. The van der Waals surface area contributed by atoms with Crippen molar-refractivity contribution in [2.45, 2.75) is 58.8 Å². The van der Waals surface area contributed by atoms with Crippen LogP contribution >= 0.6 is 0 Å². The fourth-order valence-electron chi connectivity index (χ4n) is 9.53. The van der Waals surface area contributed by atoms with Crippen molar-refractivity contribution in [3.8, 4) is 5.75 Å². The summed E-state index contributed by atoms with van der Waals surface area (Å²) >= 11 is 0. The summed E-state index contributed by atoms with van der Waals surface area (Å²) in [5.41, 5.74) is -3.72. The Morgan fingerprint density at radius 3 is 2.29 bits per heavy atom. The number of amides is 2. The number of nitrogens with one attached hydrogen (secondary N) is 2. The summed E-state index contributed by atoms with van der Waals surface area (Å²) in [7, 11) is 0. The Hall–Kier alpha value is -5.59. The van der Waals surface area contributed by atoms with Crippen LogP contribution in [-0.2, 0) is 19.1 Å². The average Bonchev–Trinajstić information content (AvgIpc) is 3.64. The Bertz CT molecular complexity index is 2180. The minimum Gasteiger partial charge on any atom is -0.506 e. The van der Waals surface area contributed by atoms with Gasteiger partial charge in [0.15, 0.2) is 17.5 Å². The van der Waals surface area contributed by atoms with Gasteiger partial charge >= 0.3 is 11.9 Å². The summed E-state index contributed by atoms with van der Waals surface area (Å²) in [6.45, 7) is 8.56. The van der Waals surface area contributed by atoms with E-state index in [9.17, 15) is 39.3 Å². The molecule has 12 nitrogen and oxygen atoms in total. The Morgan fingerprint density at radius 2 is 1.58 bits per heavy atom. The van der Waals surface area contributed by atoms with Crippen molar-refractivity contribution >= 4 is 40.9 Å². The summed E-state index contributed by atoms with van der Waals surface area (Å²) in [4.78, 5) is 67.7. The number of aromatic hydroxyl groups is 1. The van der Waals surface area contributed by atoms with Crippen LogP contribution < -0.4 is 10.6 Å². The number of hydrogen-bond acceptors (Lipinski definition) is 10. The highest BCUT2D eigenvalue weighted by molar-refractivity contribution is 6.15. The van der Waals surface area contributed by atoms with Gasteiger partial charge in [-0.1, -0.05) is 69.3 Å². The van der Waals surface area contributed by atoms with Crippen molar-refractivity contribution < 1.29 is 48.8 Å². The number of Topliss-reactive ketones (excluding diaryl/α,β-unsaturated/α-hetero) is 1. The van der Waals surface area contributed by atoms with Gasteiger partial charge in [0.2, 0.25) is 0 Å². The number of aliphatic hydroxyl groups excluding tert-OH is 1. The first-order chi connectivity index (χ1) is 26.0. The molecule has 0 saturated heterocycles. The predicted octanol–water partition coefficient (Wildman–Crippen LogP) is 5.46. The summed E-state index contributed by atoms with van der Waals surface area (Å²) in [5.74, 6) is -4.60. The molecular formula is C43H44N2O10. The Kier molecular flexibility index (Phi) is 9.33. The van der Waals surface area contributed by atoms with Gasteiger partial charge in [-0.05, 0) is 84.1 Å². The number of esters is 2. The van der Waals surface area contributed by atoms with Crippen molar-refractivity contribution in [1.82, 2.24) is 0 Å². The zero-order valence-electron chi connectivity index (χ0n) is 31.2. The van der Waals surface area contributed by atoms with E-state index in [1.807, 2.05) is 6.92 Å². The molecule has 0 heterocycles. The van der Waals surface area contributed by atoms with Crippen molar-refractivity contribution in [1.29, 1.82) is 0 Å². The molecule has 0 radical (unpaired) electrons. The van der Waals surface area contributed by atoms with E-state index >= 15 is 0 Å². The number of ether oxygens (including phenoxy) is 2. The molecule has 2 bridgehead atoms. The van der Waals surface area contributed by atoms with E-state index in [4.69, 9.17) is 9.47 Å².